The monoisotopic (exact) mass is 378 g/mol. The molecule has 0 spiro atoms. The maximum atomic E-state index is 12.0. The predicted molar refractivity (Wildman–Crippen MR) is 101 cm³/mol. The minimum absolute atomic E-state index is 0.151. The summed E-state index contributed by atoms with van der Waals surface area (Å²) in [6, 6.07) is 8.64. The van der Waals surface area contributed by atoms with E-state index in [0.717, 1.165) is 0 Å². The Balaban J connectivity index is 1.74. The number of hydrogen-bond acceptors (Lipinski definition) is 7. The fourth-order valence-electron chi connectivity index (χ4n) is 1.94. The Morgan fingerprint density at radius 1 is 1.31 bits per heavy atom. The Bertz CT molecular complexity index is 733. The lowest BCUT2D eigenvalue weighted by Crippen LogP contribution is -2.25. The molecule has 2 amide bonds. The van der Waals surface area contributed by atoms with E-state index in [9.17, 15) is 9.59 Å². The van der Waals surface area contributed by atoms with Crippen LogP contribution in [0, 0.1) is 6.92 Å². The Morgan fingerprint density at radius 2 is 2.04 bits per heavy atom. The second-order valence-electron chi connectivity index (χ2n) is 5.47. The first-order valence-electron chi connectivity index (χ1n) is 8.06. The van der Waals surface area contributed by atoms with Crippen molar-refractivity contribution < 1.29 is 18.8 Å². The Hall–Kier alpha value is -2.52. The Morgan fingerprint density at radius 3 is 2.65 bits per heavy atom. The summed E-state index contributed by atoms with van der Waals surface area (Å²) in [5.74, 6) is 1.38. The first-order chi connectivity index (χ1) is 12.5. The van der Waals surface area contributed by atoms with Gasteiger partial charge in [0, 0.05) is 18.3 Å². The van der Waals surface area contributed by atoms with E-state index >= 15 is 0 Å². The molecule has 4 N–H and O–H groups in total. The maximum absolute atomic E-state index is 12.0. The molecule has 0 aliphatic carbocycles. The van der Waals surface area contributed by atoms with E-state index in [0.29, 0.717) is 36.2 Å². The fraction of sp³-hybridized carbons (Fsp3) is 0.353. The molecule has 1 aromatic carbocycles. The predicted octanol–water partition coefficient (Wildman–Crippen LogP) is 2.02. The van der Waals surface area contributed by atoms with Crippen LogP contribution in [0.5, 0.6) is 5.75 Å². The third kappa shape index (κ3) is 6.41. The number of hydrogen-bond donors (Lipinski definition) is 3. The molecule has 1 atom stereocenters. The summed E-state index contributed by atoms with van der Waals surface area (Å²) < 4.78 is 10.3. The molecule has 0 saturated carbocycles. The van der Waals surface area contributed by atoms with E-state index in [2.05, 4.69) is 15.8 Å². The summed E-state index contributed by atoms with van der Waals surface area (Å²) >= 11 is 1.23. The van der Waals surface area contributed by atoms with Crippen molar-refractivity contribution in [1.82, 2.24) is 5.16 Å². The van der Waals surface area contributed by atoms with E-state index < -0.39 is 5.25 Å². The van der Waals surface area contributed by atoms with Crippen LogP contribution in [0.25, 0.3) is 0 Å². The number of carbonyl (C=O) groups excluding carboxylic acids is 2. The summed E-state index contributed by atoms with van der Waals surface area (Å²) in [5, 5.41) is 8.70. The van der Waals surface area contributed by atoms with E-state index in [1.165, 1.54) is 11.8 Å². The number of thioether (sulfide) groups is 1. The molecule has 2 aromatic rings. The molecule has 1 unspecified atom stereocenters. The van der Waals surface area contributed by atoms with Gasteiger partial charge in [-0.05, 0) is 38.1 Å². The Labute approximate surface area is 155 Å². The van der Waals surface area contributed by atoms with Crippen molar-refractivity contribution in [3.8, 4) is 5.75 Å². The van der Waals surface area contributed by atoms with Crippen LogP contribution in [0.1, 0.15) is 12.7 Å². The first-order valence-corrected chi connectivity index (χ1v) is 9.11. The average Bonchev–Trinajstić information content (AvgIpc) is 3.03. The van der Waals surface area contributed by atoms with Crippen molar-refractivity contribution in [3.05, 3.63) is 36.1 Å². The van der Waals surface area contributed by atoms with Crippen molar-refractivity contribution in [2.45, 2.75) is 19.1 Å². The number of anilines is 2. The first kappa shape index (κ1) is 19.8. The smallest absolute Gasteiger partial charge is 0.238 e. The maximum Gasteiger partial charge on any atom is 0.238 e. The molecule has 0 radical (unpaired) electrons. The van der Waals surface area contributed by atoms with Crippen LogP contribution in [-0.2, 0) is 9.59 Å². The molecule has 0 saturated heterocycles. The van der Waals surface area contributed by atoms with Gasteiger partial charge >= 0.3 is 0 Å². The van der Waals surface area contributed by atoms with Crippen LogP contribution in [0.3, 0.4) is 0 Å². The SMILES string of the molecule is Cc1cc(NC(=O)C(C)SCC(=O)Nc2ccc(OCCN)cc2)no1. The van der Waals surface area contributed by atoms with E-state index in [1.807, 2.05) is 0 Å². The number of amides is 2. The number of nitrogens with zero attached hydrogens (tertiary/aromatic N) is 1. The van der Waals surface area contributed by atoms with Gasteiger partial charge in [-0.1, -0.05) is 5.16 Å². The van der Waals surface area contributed by atoms with Crippen LogP contribution >= 0.6 is 11.8 Å². The van der Waals surface area contributed by atoms with Crippen molar-refractivity contribution in [1.29, 1.82) is 0 Å². The summed E-state index contributed by atoms with van der Waals surface area (Å²) in [4.78, 5) is 24.1. The average molecular weight is 378 g/mol. The summed E-state index contributed by atoms with van der Waals surface area (Å²) in [7, 11) is 0. The minimum Gasteiger partial charge on any atom is -0.492 e. The molecule has 1 heterocycles. The highest BCUT2D eigenvalue weighted by Crippen LogP contribution is 2.17. The molecule has 140 valence electrons. The minimum atomic E-state index is -0.412. The van der Waals surface area contributed by atoms with Gasteiger partial charge in [0.25, 0.3) is 0 Å². The highest BCUT2D eigenvalue weighted by molar-refractivity contribution is 8.01. The molecular weight excluding hydrogens is 356 g/mol. The lowest BCUT2D eigenvalue weighted by molar-refractivity contribution is -0.115. The van der Waals surface area contributed by atoms with Crippen LogP contribution in [0.15, 0.2) is 34.9 Å². The van der Waals surface area contributed by atoms with Crippen LogP contribution < -0.4 is 21.1 Å². The summed E-state index contributed by atoms with van der Waals surface area (Å²) in [6.07, 6.45) is 0. The molecule has 0 aliphatic rings. The quantitative estimate of drug-likeness (QED) is 0.610. The molecule has 0 fully saturated rings. The van der Waals surface area contributed by atoms with E-state index in [4.69, 9.17) is 15.0 Å². The number of aromatic nitrogens is 1. The standard InChI is InChI=1S/C17H22N4O4S/c1-11-9-15(21-25-11)20-17(23)12(2)26-10-16(22)19-13-3-5-14(6-4-13)24-8-7-18/h3-6,9,12H,7-8,10,18H2,1-2H3,(H,19,22)(H,20,21,23). The number of rotatable bonds is 9. The number of ether oxygens (including phenoxy) is 1. The molecule has 1 aromatic heterocycles. The van der Waals surface area contributed by atoms with Gasteiger partial charge in [0.2, 0.25) is 11.8 Å². The summed E-state index contributed by atoms with van der Waals surface area (Å²) in [5.41, 5.74) is 6.03. The van der Waals surface area contributed by atoms with Crippen molar-refractivity contribution in [2.24, 2.45) is 5.73 Å². The molecule has 2 rings (SSSR count). The van der Waals surface area contributed by atoms with Crippen LogP contribution in [-0.4, -0.2) is 41.1 Å². The van der Waals surface area contributed by atoms with E-state index in [-0.39, 0.29) is 17.6 Å². The topological polar surface area (TPSA) is 119 Å². The third-order valence-electron chi connectivity index (χ3n) is 3.24. The zero-order valence-corrected chi connectivity index (χ0v) is 15.5. The normalized spacial score (nSPS) is 11.7. The second-order valence-corrected chi connectivity index (χ2v) is 6.80. The Kier molecular flexibility index (Phi) is 7.49. The lowest BCUT2D eigenvalue weighted by atomic mass is 10.3. The van der Waals surface area contributed by atoms with Gasteiger partial charge in [-0.2, -0.15) is 0 Å². The zero-order chi connectivity index (χ0) is 18.9. The molecule has 9 heteroatoms. The second kappa shape index (κ2) is 9.83. The number of nitrogens with one attached hydrogen (secondary N) is 2. The van der Waals surface area contributed by atoms with Gasteiger partial charge in [0.1, 0.15) is 18.1 Å². The molecule has 0 bridgehead atoms. The van der Waals surface area contributed by atoms with Crippen molar-refractivity contribution in [3.63, 3.8) is 0 Å². The zero-order valence-electron chi connectivity index (χ0n) is 14.7. The number of aryl methyl sites for hydroxylation is 1. The highest BCUT2D eigenvalue weighted by Gasteiger charge is 2.16. The highest BCUT2D eigenvalue weighted by atomic mass is 32.2. The van der Waals surface area contributed by atoms with Gasteiger partial charge < -0.3 is 25.6 Å². The number of nitrogens with two attached hydrogens (primary N) is 1. The third-order valence-corrected chi connectivity index (χ3v) is 4.38. The number of benzene rings is 1. The van der Waals surface area contributed by atoms with Gasteiger partial charge in [0.05, 0.1) is 11.0 Å². The molecule has 0 aliphatic heterocycles. The largest absolute Gasteiger partial charge is 0.492 e. The van der Waals surface area contributed by atoms with Gasteiger partial charge in [0.15, 0.2) is 5.82 Å². The molecule has 8 nitrogen and oxygen atoms in total. The van der Waals surface area contributed by atoms with Crippen molar-refractivity contribution in [2.75, 3.05) is 29.5 Å². The summed E-state index contributed by atoms with van der Waals surface area (Å²) in [6.45, 7) is 4.35. The van der Waals surface area contributed by atoms with Crippen LogP contribution in [0.4, 0.5) is 11.5 Å². The van der Waals surface area contributed by atoms with Gasteiger partial charge in [-0.3, -0.25) is 9.59 Å². The number of carbonyl (C=O) groups is 2. The lowest BCUT2D eigenvalue weighted by Gasteiger charge is -2.11. The molecular formula is C17H22N4O4S. The van der Waals surface area contributed by atoms with Gasteiger partial charge in [-0.25, -0.2) is 0 Å². The molecule has 26 heavy (non-hydrogen) atoms. The van der Waals surface area contributed by atoms with E-state index in [1.54, 1.807) is 44.2 Å². The van der Waals surface area contributed by atoms with Gasteiger partial charge in [-0.15, -0.1) is 11.8 Å². The van der Waals surface area contributed by atoms with Crippen molar-refractivity contribution >= 4 is 35.1 Å². The van der Waals surface area contributed by atoms with Crippen LogP contribution in [0.2, 0.25) is 0 Å². The fourth-order valence-corrected chi connectivity index (χ4v) is 2.62.